The van der Waals surface area contributed by atoms with Gasteiger partial charge >= 0.3 is 0 Å². The molecular weight excluding hydrogens is 252 g/mol. The minimum Gasteiger partial charge on any atom is -0.508 e. The van der Waals surface area contributed by atoms with Gasteiger partial charge in [0, 0.05) is 23.3 Å². The van der Waals surface area contributed by atoms with Gasteiger partial charge in [0.15, 0.2) is 0 Å². The smallest absolute Gasteiger partial charge is 0.139 e. The van der Waals surface area contributed by atoms with Crippen molar-refractivity contribution in [2.75, 3.05) is 0 Å². The fraction of sp³-hybridized carbons (Fsp3) is 0.588. The summed E-state index contributed by atoms with van der Waals surface area (Å²) in [6.45, 7) is 6.18. The van der Waals surface area contributed by atoms with E-state index >= 15 is 0 Å². The fourth-order valence-corrected chi connectivity index (χ4v) is 5.01. The molecule has 0 radical (unpaired) electrons. The Balaban J connectivity index is 1.89. The highest BCUT2D eigenvalue weighted by molar-refractivity contribution is 5.88. The molecule has 2 aliphatic carbocycles. The summed E-state index contributed by atoms with van der Waals surface area (Å²) in [4.78, 5) is 12.3. The van der Waals surface area contributed by atoms with E-state index in [2.05, 4.69) is 13.8 Å². The molecule has 1 heterocycles. The Morgan fingerprint density at radius 3 is 2.85 bits per heavy atom. The SMILES string of the molecule is Cc1cc(O)c2c(c1)O[C@@]1(C)CCC(=O)[C@@]3(C)C[C@@H]2[C@@H]13. The maximum absolute atomic E-state index is 12.3. The molecule has 0 amide bonds. The van der Waals surface area contributed by atoms with Crippen molar-refractivity contribution in [2.45, 2.75) is 51.6 Å². The van der Waals surface area contributed by atoms with Crippen molar-refractivity contribution >= 4 is 5.78 Å². The standard InChI is InChI=1S/C17H20O3/c1-9-6-11(18)14-10-8-16(2)13(19)4-5-17(3,15(10)16)20-12(14)7-9/h6-7,10,15,18H,4-5,8H2,1-3H3/t10-,15+,16+,17-/m0/s1. The highest BCUT2D eigenvalue weighted by atomic mass is 16.5. The summed E-state index contributed by atoms with van der Waals surface area (Å²) in [7, 11) is 0. The Labute approximate surface area is 118 Å². The van der Waals surface area contributed by atoms with Gasteiger partial charge in [-0.2, -0.15) is 0 Å². The van der Waals surface area contributed by atoms with E-state index in [0.717, 1.165) is 29.7 Å². The lowest BCUT2D eigenvalue weighted by Crippen LogP contribution is -2.66. The van der Waals surface area contributed by atoms with Crippen LogP contribution in [0.2, 0.25) is 0 Å². The van der Waals surface area contributed by atoms with Gasteiger partial charge in [0.05, 0.1) is 0 Å². The molecule has 106 valence electrons. The van der Waals surface area contributed by atoms with Crippen molar-refractivity contribution in [3.05, 3.63) is 23.3 Å². The number of phenolic OH excluding ortho intramolecular Hbond substituents is 1. The van der Waals surface area contributed by atoms with Gasteiger partial charge in [-0.15, -0.1) is 0 Å². The Hall–Kier alpha value is -1.51. The number of carbonyl (C=O) groups excluding carboxylic acids is 1. The van der Waals surface area contributed by atoms with Crippen molar-refractivity contribution in [3.8, 4) is 11.5 Å². The lowest BCUT2D eigenvalue weighted by molar-refractivity contribution is -0.180. The Bertz CT molecular complexity index is 635. The van der Waals surface area contributed by atoms with Crippen LogP contribution in [0, 0.1) is 18.3 Å². The number of hydrogen-bond acceptors (Lipinski definition) is 3. The van der Waals surface area contributed by atoms with E-state index in [0.29, 0.717) is 18.0 Å². The minimum atomic E-state index is -0.265. The zero-order valence-electron chi connectivity index (χ0n) is 12.2. The monoisotopic (exact) mass is 272 g/mol. The van der Waals surface area contributed by atoms with Crippen LogP contribution in [0.4, 0.5) is 0 Å². The third-order valence-corrected chi connectivity index (χ3v) is 5.85. The molecule has 3 nitrogen and oxygen atoms in total. The summed E-state index contributed by atoms with van der Waals surface area (Å²) in [5, 5.41) is 10.3. The molecule has 0 saturated heterocycles. The molecule has 0 spiro atoms. The van der Waals surface area contributed by atoms with Crippen LogP contribution in [-0.4, -0.2) is 16.5 Å². The van der Waals surface area contributed by atoms with Gasteiger partial charge in [-0.05, 0) is 50.3 Å². The maximum Gasteiger partial charge on any atom is 0.139 e. The van der Waals surface area contributed by atoms with E-state index < -0.39 is 0 Å². The van der Waals surface area contributed by atoms with Crippen molar-refractivity contribution in [1.82, 2.24) is 0 Å². The Kier molecular flexibility index (Phi) is 2.07. The molecular formula is C17H20O3. The van der Waals surface area contributed by atoms with E-state index in [1.54, 1.807) is 6.07 Å². The first-order chi connectivity index (χ1) is 9.35. The molecule has 0 aromatic heterocycles. The molecule has 1 aromatic rings. The highest BCUT2D eigenvalue weighted by Gasteiger charge is 2.67. The molecule has 1 N–H and O–H groups in total. The molecule has 4 rings (SSSR count). The number of fused-ring (bicyclic) bond motifs is 2. The van der Waals surface area contributed by atoms with Gasteiger partial charge < -0.3 is 9.84 Å². The van der Waals surface area contributed by atoms with Crippen LogP contribution >= 0.6 is 0 Å². The molecule has 20 heavy (non-hydrogen) atoms. The molecule has 3 aliphatic rings. The second-order valence-electron chi connectivity index (χ2n) is 7.24. The molecule has 0 unspecified atom stereocenters. The first-order valence-corrected chi connectivity index (χ1v) is 7.41. The van der Waals surface area contributed by atoms with Crippen LogP contribution in [-0.2, 0) is 4.79 Å². The van der Waals surface area contributed by atoms with Crippen LogP contribution in [0.15, 0.2) is 12.1 Å². The normalized spacial score (nSPS) is 41.2. The zero-order valence-corrected chi connectivity index (χ0v) is 12.2. The highest BCUT2D eigenvalue weighted by Crippen LogP contribution is 2.69. The van der Waals surface area contributed by atoms with Crippen molar-refractivity contribution in [2.24, 2.45) is 11.3 Å². The number of ketones is 1. The summed E-state index contributed by atoms with van der Waals surface area (Å²) in [5.41, 5.74) is 1.41. The molecule has 2 fully saturated rings. The summed E-state index contributed by atoms with van der Waals surface area (Å²) in [6.07, 6.45) is 2.25. The molecule has 3 heteroatoms. The second-order valence-corrected chi connectivity index (χ2v) is 7.24. The number of Topliss-reactive ketones (excluding diaryl/α,β-unsaturated/α-hetero) is 1. The number of aryl methyl sites for hydroxylation is 1. The topological polar surface area (TPSA) is 46.5 Å². The van der Waals surface area contributed by atoms with E-state index in [-0.39, 0.29) is 22.9 Å². The maximum atomic E-state index is 12.3. The third-order valence-electron chi connectivity index (χ3n) is 5.85. The van der Waals surface area contributed by atoms with Crippen LogP contribution < -0.4 is 4.74 Å². The van der Waals surface area contributed by atoms with Crippen LogP contribution in [0.3, 0.4) is 0 Å². The Morgan fingerprint density at radius 1 is 1.35 bits per heavy atom. The number of carbonyl (C=O) groups is 1. The van der Waals surface area contributed by atoms with Gasteiger partial charge in [-0.3, -0.25) is 4.79 Å². The Morgan fingerprint density at radius 2 is 2.10 bits per heavy atom. The first kappa shape index (κ1) is 12.2. The number of benzene rings is 1. The van der Waals surface area contributed by atoms with Crippen molar-refractivity contribution in [1.29, 1.82) is 0 Å². The predicted octanol–water partition coefficient (Wildman–Crippen LogP) is 3.32. The number of phenols is 1. The average Bonchev–Trinajstić information content (AvgIpc) is 2.31. The number of ether oxygens (including phenoxy) is 1. The van der Waals surface area contributed by atoms with Gasteiger partial charge in [0.2, 0.25) is 0 Å². The van der Waals surface area contributed by atoms with Crippen LogP contribution in [0.5, 0.6) is 11.5 Å². The fourth-order valence-electron chi connectivity index (χ4n) is 5.01. The summed E-state index contributed by atoms with van der Waals surface area (Å²) in [6, 6.07) is 3.81. The third kappa shape index (κ3) is 1.24. The van der Waals surface area contributed by atoms with Gasteiger partial charge in [0.25, 0.3) is 0 Å². The lowest BCUT2D eigenvalue weighted by atomic mass is 9.42. The average molecular weight is 272 g/mol. The molecule has 1 aromatic carbocycles. The quantitative estimate of drug-likeness (QED) is 0.788. The van der Waals surface area contributed by atoms with Crippen LogP contribution in [0.25, 0.3) is 0 Å². The largest absolute Gasteiger partial charge is 0.508 e. The van der Waals surface area contributed by atoms with E-state index in [4.69, 9.17) is 4.74 Å². The van der Waals surface area contributed by atoms with E-state index in [9.17, 15) is 9.90 Å². The number of rotatable bonds is 0. The summed E-state index contributed by atoms with van der Waals surface area (Å²) >= 11 is 0. The minimum absolute atomic E-state index is 0.206. The summed E-state index contributed by atoms with van der Waals surface area (Å²) < 4.78 is 6.29. The number of hydrogen-bond donors (Lipinski definition) is 1. The van der Waals surface area contributed by atoms with Crippen molar-refractivity contribution < 1.29 is 14.6 Å². The molecule has 2 saturated carbocycles. The number of aromatic hydroxyl groups is 1. The van der Waals surface area contributed by atoms with E-state index in [1.165, 1.54) is 0 Å². The van der Waals surface area contributed by atoms with Gasteiger partial charge in [-0.1, -0.05) is 6.92 Å². The molecule has 4 atom stereocenters. The lowest BCUT2D eigenvalue weighted by Gasteiger charge is -2.64. The second kappa shape index (κ2) is 3.38. The predicted molar refractivity (Wildman–Crippen MR) is 75.1 cm³/mol. The van der Waals surface area contributed by atoms with Crippen molar-refractivity contribution in [3.63, 3.8) is 0 Å². The zero-order chi connectivity index (χ0) is 14.3. The molecule has 0 bridgehead atoms. The van der Waals surface area contributed by atoms with Gasteiger partial charge in [0.1, 0.15) is 22.9 Å². The van der Waals surface area contributed by atoms with Crippen LogP contribution in [0.1, 0.15) is 50.2 Å². The summed E-state index contributed by atoms with van der Waals surface area (Å²) in [5.74, 6) is 1.99. The van der Waals surface area contributed by atoms with E-state index in [1.807, 2.05) is 13.0 Å². The van der Waals surface area contributed by atoms with Gasteiger partial charge in [-0.25, -0.2) is 0 Å². The first-order valence-electron chi connectivity index (χ1n) is 7.41. The molecule has 1 aliphatic heterocycles.